The number of carbonyl (C=O) groups excluding carboxylic acids is 1. The van der Waals surface area contributed by atoms with Crippen molar-refractivity contribution < 1.29 is 9.53 Å². The Morgan fingerprint density at radius 3 is 2.84 bits per heavy atom. The van der Waals surface area contributed by atoms with Crippen LogP contribution in [-0.4, -0.2) is 52.6 Å². The third-order valence-electron chi connectivity index (χ3n) is 5.55. The van der Waals surface area contributed by atoms with E-state index in [2.05, 4.69) is 57.0 Å². The van der Waals surface area contributed by atoms with Gasteiger partial charge >= 0.3 is 5.97 Å². The minimum absolute atomic E-state index is 0. The van der Waals surface area contributed by atoms with Crippen LogP contribution < -0.4 is 5.32 Å². The Morgan fingerprint density at radius 2 is 2.09 bits per heavy atom. The fourth-order valence-corrected chi connectivity index (χ4v) is 3.99. The van der Waals surface area contributed by atoms with E-state index < -0.39 is 0 Å². The number of hydrogen-bond acceptors (Lipinski definition) is 4. The first-order valence-electron chi connectivity index (χ1n) is 11.4. The van der Waals surface area contributed by atoms with Crippen molar-refractivity contribution in [1.29, 1.82) is 0 Å². The molecule has 0 amide bonds. The highest BCUT2D eigenvalue weighted by molar-refractivity contribution is 14.0. The Bertz CT molecular complexity index is 840. The maximum atomic E-state index is 12.2. The van der Waals surface area contributed by atoms with E-state index in [9.17, 15) is 4.79 Å². The van der Waals surface area contributed by atoms with Gasteiger partial charge in [0.05, 0.1) is 12.5 Å². The minimum Gasteiger partial charge on any atom is -0.466 e. The lowest BCUT2D eigenvalue weighted by atomic mass is 9.98. The molecule has 32 heavy (non-hydrogen) atoms. The largest absolute Gasteiger partial charge is 0.466 e. The summed E-state index contributed by atoms with van der Waals surface area (Å²) in [6.45, 7) is 8.11. The molecule has 1 aromatic carbocycles. The highest BCUT2D eigenvalue weighted by atomic mass is 127. The number of carbonyl (C=O) groups is 1. The van der Waals surface area contributed by atoms with E-state index in [0.717, 1.165) is 57.1 Å². The van der Waals surface area contributed by atoms with Crippen molar-refractivity contribution in [2.45, 2.75) is 52.6 Å². The number of benzene rings is 1. The van der Waals surface area contributed by atoms with Crippen molar-refractivity contribution in [3.63, 3.8) is 0 Å². The molecule has 0 spiro atoms. The first kappa shape index (κ1) is 26.2. The Morgan fingerprint density at radius 1 is 1.28 bits per heavy atom. The lowest BCUT2D eigenvalue weighted by Gasteiger charge is -2.34. The van der Waals surface area contributed by atoms with E-state index in [4.69, 9.17) is 9.73 Å². The summed E-state index contributed by atoms with van der Waals surface area (Å²) >= 11 is 0. The van der Waals surface area contributed by atoms with Crippen LogP contribution in [0.2, 0.25) is 0 Å². The van der Waals surface area contributed by atoms with E-state index in [1.807, 2.05) is 19.3 Å². The number of aliphatic imine (C=N–C) groups is 1. The number of ether oxygens (including phenoxy) is 1. The zero-order valence-corrected chi connectivity index (χ0v) is 21.5. The maximum absolute atomic E-state index is 12.2. The molecule has 0 aliphatic carbocycles. The Labute approximate surface area is 208 Å². The molecule has 2 heterocycles. The zero-order chi connectivity index (χ0) is 21.9. The normalized spacial score (nSPS) is 16.4. The summed E-state index contributed by atoms with van der Waals surface area (Å²) in [7, 11) is 0. The number of likely N-dealkylation sites (tertiary alicyclic amines) is 1. The average Bonchev–Trinajstić information content (AvgIpc) is 3.25. The van der Waals surface area contributed by atoms with E-state index >= 15 is 0 Å². The second-order valence-electron chi connectivity index (χ2n) is 7.83. The molecule has 0 unspecified atom stereocenters. The van der Waals surface area contributed by atoms with Crippen molar-refractivity contribution in [2.75, 3.05) is 26.2 Å². The molecule has 1 fully saturated rings. The molecule has 8 heteroatoms. The molecule has 3 rings (SSSR count). The third kappa shape index (κ3) is 7.79. The second-order valence-corrected chi connectivity index (χ2v) is 7.83. The van der Waals surface area contributed by atoms with Crippen LogP contribution in [0.5, 0.6) is 0 Å². The predicted octanol–water partition coefficient (Wildman–Crippen LogP) is 3.87. The van der Waals surface area contributed by atoms with Crippen molar-refractivity contribution in [1.82, 2.24) is 19.8 Å². The molecule has 1 aromatic heterocycles. The number of nitrogens with zero attached hydrogens (tertiary/aromatic N) is 4. The number of nitrogens with one attached hydrogen (secondary N) is 1. The van der Waals surface area contributed by atoms with Gasteiger partial charge in [0.15, 0.2) is 5.96 Å². The SMILES string of the molecule is CCNC(=NCc1nccn1CCCc1ccccc1)N1CCC[C@H](C(=O)OCC)C1.I. The van der Waals surface area contributed by atoms with Crippen molar-refractivity contribution in [3.8, 4) is 0 Å². The summed E-state index contributed by atoms with van der Waals surface area (Å²) in [4.78, 5) is 23.7. The van der Waals surface area contributed by atoms with E-state index in [-0.39, 0.29) is 35.9 Å². The van der Waals surface area contributed by atoms with Gasteiger partial charge in [-0.15, -0.1) is 24.0 Å². The Kier molecular flexibility index (Phi) is 11.5. The van der Waals surface area contributed by atoms with Crippen molar-refractivity contribution in [3.05, 3.63) is 54.1 Å². The highest BCUT2D eigenvalue weighted by Crippen LogP contribution is 2.18. The average molecular weight is 553 g/mol. The Hall–Kier alpha value is -2.10. The van der Waals surface area contributed by atoms with Crippen LogP contribution in [0.15, 0.2) is 47.7 Å². The number of piperidine rings is 1. The molecular formula is C24H36IN5O2. The minimum atomic E-state index is -0.1000. The summed E-state index contributed by atoms with van der Waals surface area (Å²) in [5.74, 6) is 1.62. The number of imidazole rings is 1. The molecule has 0 saturated carbocycles. The summed E-state index contributed by atoms with van der Waals surface area (Å²) in [6, 6.07) is 10.6. The molecule has 1 atom stereocenters. The van der Waals surface area contributed by atoms with Crippen molar-refractivity contribution >= 4 is 35.9 Å². The smallest absolute Gasteiger partial charge is 0.310 e. The van der Waals surface area contributed by atoms with Crippen LogP contribution in [0, 0.1) is 5.92 Å². The predicted molar refractivity (Wildman–Crippen MR) is 138 cm³/mol. The topological polar surface area (TPSA) is 71.8 Å². The number of guanidine groups is 1. The number of aromatic nitrogens is 2. The molecule has 1 aliphatic rings. The third-order valence-corrected chi connectivity index (χ3v) is 5.55. The maximum Gasteiger partial charge on any atom is 0.310 e. The highest BCUT2D eigenvalue weighted by Gasteiger charge is 2.28. The van der Waals surface area contributed by atoms with E-state index in [1.165, 1.54) is 5.56 Å². The van der Waals surface area contributed by atoms with Gasteiger partial charge in [0.1, 0.15) is 12.4 Å². The Balaban J connectivity index is 0.00000363. The number of esters is 1. The van der Waals surface area contributed by atoms with Gasteiger partial charge < -0.3 is 19.5 Å². The van der Waals surface area contributed by atoms with E-state index in [1.54, 1.807) is 0 Å². The zero-order valence-electron chi connectivity index (χ0n) is 19.2. The van der Waals surface area contributed by atoms with E-state index in [0.29, 0.717) is 19.7 Å². The first-order valence-corrected chi connectivity index (χ1v) is 11.4. The number of halogens is 1. The molecule has 176 valence electrons. The van der Waals surface area contributed by atoms with Gasteiger partial charge in [-0.2, -0.15) is 0 Å². The summed E-state index contributed by atoms with van der Waals surface area (Å²) in [5, 5.41) is 3.38. The van der Waals surface area contributed by atoms with Gasteiger partial charge in [0, 0.05) is 38.6 Å². The first-order chi connectivity index (χ1) is 15.2. The molecule has 0 radical (unpaired) electrons. The van der Waals surface area contributed by atoms with Gasteiger partial charge in [-0.25, -0.2) is 9.98 Å². The van der Waals surface area contributed by atoms with Crippen LogP contribution >= 0.6 is 24.0 Å². The number of aryl methyl sites for hydroxylation is 2. The number of rotatable bonds is 9. The standard InChI is InChI=1S/C24H35N5O2.HI/c1-3-25-24(29-16-9-13-21(19-29)23(30)31-4-2)27-18-22-26-14-17-28(22)15-8-12-20-10-6-5-7-11-20;/h5-7,10-11,14,17,21H,3-4,8-9,12-13,15-16,18-19H2,1-2H3,(H,25,27);1H/t21-;/m0./s1. The molecule has 0 bridgehead atoms. The van der Waals surface area contributed by atoms with Crippen LogP contribution in [0.1, 0.15) is 44.5 Å². The van der Waals surface area contributed by atoms with Gasteiger partial charge in [-0.3, -0.25) is 4.79 Å². The fraction of sp³-hybridized carbons (Fsp3) is 0.542. The van der Waals surface area contributed by atoms with Crippen LogP contribution in [-0.2, 0) is 29.0 Å². The van der Waals surface area contributed by atoms with Gasteiger partial charge in [0.25, 0.3) is 0 Å². The van der Waals surface area contributed by atoms with Gasteiger partial charge in [0.2, 0.25) is 0 Å². The lowest BCUT2D eigenvalue weighted by Crippen LogP contribution is -2.48. The molecule has 1 saturated heterocycles. The quantitative estimate of drug-likeness (QED) is 0.221. The fourth-order valence-electron chi connectivity index (χ4n) is 3.99. The summed E-state index contributed by atoms with van der Waals surface area (Å²) in [5.41, 5.74) is 1.36. The molecule has 1 aliphatic heterocycles. The van der Waals surface area contributed by atoms with Crippen LogP contribution in [0.4, 0.5) is 0 Å². The lowest BCUT2D eigenvalue weighted by molar-refractivity contribution is -0.149. The molecule has 7 nitrogen and oxygen atoms in total. The van der Waals surface area contributed by atoms with Crippen LogP contribution in [0.25, 0.3) is 0 Å². The monoisotopic (exact) mass is 553 g/mol. The second kappa shape index (κ2) is 14.1. The molecule has 2 aromatic rings. The van der Waals surface area contributed by atoms with Gasteiger partial charge in [-0.1, -0.05) is 30.3 Å². The van der Waals surface area contributed by atoms with Crippen molar-refractivity contribution in [2.24, 2.45) is 10.9 Å². The van der Waals surface area contributed by atoms with Gasteiger partial charge in [-0.05, 0) is 45.1 Å². The molecule has 1 N–H and O–H groups in total. The summed E-state index contributed by atoms with van der Waals surface area (Å²) < 4.78 is 7.42. The number of hydrogen-bond donors (Lipinski definition) is 1. The molecular weight excluding hydrogens is 517 g/mol. The summed E-state index contributed by atoms with van der Waals surface area (Å²) in [6.07, 6.45) is 7.82. The van der Waals surface area contributed by atoms with Crippen LogP contribution in [0.3, 0.4) is 0 Å².